The van der Waals surface area contributed by atoms with E-state index in [-0.39, 0.29) is 12.5 Å². The van der Waals surface area contributed by atoms with Crippen LogP contribution in [0, 0.1) is 5.41 Å². The third kappa shape index (κ3) is 4.78. The fourth-order valence-electron chi connectivity index (χ4n) is 1.80. The van der Waals surface area contributed by atoms with Crippen molar-refractivity contribution in [2.45, 2.75) is 59.9 Å². The molecule has 20 heavy (non-hydrogen) atoms. The molecular weight excluding hydrogens is 256 g/mol. The maximum absolute atomic E-state index is 12.2. The van der Waals surface area contributed by atoms with E-state index in [4.69, 9.17) is 0 Å². The van der Waals surface area contributed by atoms with Gasteiger partial charge in [0.25, 0.3) is 0 Å². The SMILES string of the molecule is CCCN(CCC)C(=O)CNC(C)(C)C(C)(C)C(=O)O. The zero-order valence-corrected chi connectivity index (χ0v) is 13.7. The zero-order valence-electron chi connectivity index (χ0n) is 13.7. The number of nitrogens with one attached hydrogen (secondary N) is 1. The molecule has 118 valence electrons. The van der Waals surface area contributed by atoms with Crippen molar-refractivity contribution >= 4 is 11.9 Å². The van der Waals surface area contributed by atoms with E-state index < -0.39 is 16.9 Å². The van der Waals surface area contributed by atoms with Gasteiger partial charge in [-0.25, -0.2) is 0 Å². The number of hydrogen-bond donors (Lipinski definition) is 2. The van der Waals surface area contributed by atoms with Gasteiger partial charge in [0, 0.05) is 18.6 Å². The molecule has 0 fully saturated rings. The number of carboxylic acids is 1. The standard InChI is InChI=1S/C15H30N2O3/c1-7-9-17(10-8-2)12(18)11-16-15(5,6)14(3,4)13(19)20/h16H,7-11H2,1-6H3,(H,19,20). The van der Waals surface area contributed by atoms with Crippen LogP contribution in [0.25, 0.3) is 0 Å². The van der Waals surface area contributed by atoms with Crippen LogP contribution >= 0.6 is 0 Å². The second-order valence-electron chi connectivity index (χ2n) is 6.29. The second-order valence-corrected chi connectivity index (χ2v) is 6.29. The molecule has 0 aromatic rings. The fraction of sp³-hybridized carbons (Fsp3) is 0.867. The Morgan fingerprint density at radius 1 is 1.05 bits per heavy atom. The molecule has 0 spiro atoms. The predicted octanol–water partition coefficient (Wildman–Crippen LogP) is 2.11. The van der Waals surface area contributed by atoms with E-state index in [9.17, 15) is 14.7 Å². The van der Waals surface area contributed by atoms with Crippen LogP contribution in [-0.2, 0) is 9.59 Å². The summed E-state index contributed by atoms with van der Waals surface area (Å²) in [5.41, 5.74) is -1.62. The van der Waals surface area contributed by atoms with Crippen LogP contribution < -0.4 is 5.32 Å². The molecule has 5 nitrogen and oxygen atoms in total. The normalized spacial score (nSPS) is 12.3. The number of nitrogens with zero attached hydrogens (tertiary/aromatic N) is 1. The molecule has 0 aliphatic rings. The fourth-order valence-corrected chi connectivity index (χ4v) is 1.80. The highest BCUT2D eigenvalue weighted by atomic mass is 16.4. The van der Waals surface area contributed by atoms with Crippen LogP contribution in [0.15, 0.2) is 0 Å². The van der Waals surface area contributed by atoms with Gasteiger partial charge in [-0.2, -0.15) is 0 Å². The van der Waals surface area contributed by atoms with Crippen molar-refractivity contribution in [3.05, 3.63) is 0 Å². The first kappa shape index (κ1) is 18.9. The quantitative estimate of drug-likeness (QED) is 0.681. The van der Waals surface area contributed by atoms with E-state index in [0.717, 1.165) is 25.9 Å². The first-order chi connectivity index (χ1) is 9.10. The lowest BCUT2D eigenvalue weighted by atomic mass is 9.74. The van der Waals surface area contributed by atoms with Crippen LogP contribution in [0.4, 0.5) is 0 Å². The molecule has 0 aliphatic carbocycles. The van der Waals surface area contributed by atoms with Gasteiger partial charge in [0.1, 0.15) is 0 Å². The molecule has 0 bridgehead atoms. The summed E-state index contributed by atoms with van der Waals surface area (Å²) >= 11 is 0. The smallest absolute Gasteiger partial charge is 0.310 e. The topological polar surface area (TPSA) is 69.6 Å². The van der Waals surface area contributed by atoms with E-state index in [0.29, 0.717) is 0 Å². The Hall–Kier alpha value is -1.10. The monoisotopic (exact) mass is 286 g/mol. The minimum atomic E-state index is -0.951. The van der Waals surface area contributed by atoms with E-state index in [2.05, 4.69) is 5.32 Å². The lowest BCUT2D eigenvalue weighted by Gasteiger charge is -2.39. The van der Waals surface area contributed by atoms with Gasteiger partial charge in [0.15, 0.2) is 0 Å². The lowest BCUT2D eigenvalue weighted by molar-refractivity contribution is -0.151. The molecule has 0 rings (SSSR count). The van der Waals surface area contributed by atoms with Gasteiger partial charge < -0.3 is 15.3 Å². The average Bonchev–Trinajstić information content (AvgIpc) is 2.35. The summed E-state index contributed by atoms with van der Waals surface area (Å²) in [5.74, 6) is -0.843. The predicted molar refractivity (Wildman–Crippen MR) is 80.7 cm³/mol. The average molecular weight is 286 g/mol. The summed E-state index contributed by atoms with van der Waals surface area (Å²) in [4.78, 5) is 25.3. The molecule has 0 atom stereocenters. The maximum Gasteiger partial charge on any atom is 0.310 e. The van der Waals surface area contributed by atoms with E-state index >= 15 is 0 Å². The molecule has 5 heteroatoms. The van der Waals surface area contributed by atoms with E-state index in [1.807, 2.05) is 32.6 Å². The van der Waals surface area contributed by atoms with Crippen LogP contribution in [0.5, 0.6) is 0 Å². The van der Waals surface area contributed by atoms with E-state index in [1.54, 1.807) is 13.8 Å². The van der Waals surface area contributed by atoms with Crippen LogP contribution in [0.2, 0.25) is 0 Å². The van der Waals surface area contributed by atoms with Crippen molar-refractivity contribution < 1.29 is 14.7 Å². The number of hydrogen-bond acceptors (Lipinski definition) is 3. The second kappa shape index (κ2) is 7.62. The number of rotatable bonds is 9. The third-order valence-electron chi connectivity index (χ3n) is 4.12. The number of carboxylic acid groups (broad SMARTS) is 1. The summed E-state index contributed by atoms with van der Waals surface area (Å²) < 4.78 is 0. The Kier molecular flexibility index (Phi) is 7.20. The molecule has 0 unspecified atom stereocenters. The number of aliphatic carboxylic acids is 1. The molecular formula is C15H30N2O3. The molecule has 0 aromatic heterocycles. The highest BCUT2D eigenvalue weighted by Crippen LogP contribution is 2.30. The van der Waals surface area contributed by atoms with Crippen molar-refractivity contribution in [3.63, 3.8) is 0 Å². The van der Waals surface area contributed by atoms with Gasteiger partial charge in [-0.1, -0.05) is 13.8 Å². The largest absolute Gasteiger partial charge is 0.481 e. The van der Waals surface area contributed by atoms with Crippen LogP contribution in [0.3, 0.4) is 0 Å². The number of carbonyl (C=O) groups is 2. The van der Waals surface area contributed by atoms with Gasteiger partial charge in [-0.05, 0) is 40.5 Å². The van der Waals surface area contributed by atoms with Gasteiger partial charge in [0.05, 0.1) is 12.0 Å². The van der Waals surface area contributed by atoms with E-state index in [1.165, 1.54) is 0 Å². The molecule has 2 N–H and O–H groups in total. The summed E-state index contributed by atoms with van der Waals surface area (Å²) in [6.07, 6.45) is 1.85. The molecule has 0 radical (unpaired) electrons. The summed E-state index contributed by atoms with van der Waals surface area (Å²) in [6.45, 7) is 12.7. The first-order valence-electron chi connectivity index (χ1n) is 7.36. The van der Waals surface area contributed by atoms with Gasteiger partial charge in [-0.15, -0.1) is 0 Å². The van der Waals surface area contributed by atoms with Crippen molar-refractivity contribution in [1.82, 2.24) is 10.2 Å². The lowest BCUT2D eigenvalue weighted by Crippen LogP contribution is -2.57. The molecule has 1 amide bonds. The van der Waals surface area contributed by atoms with Crippen molar-refractivity contribution in [2.75, 3.05) is 19.6 Å². The molecule has 0 aromatic carbocycles. The molecule has 0 saturated carbocycles. The van der Waals surface area contributed by atoms with Crippen molar-refractivity contribution in [3.8, 4) is 0 Å². The first-order valence-corrected chi connectivity index (χ1v) is 7.36. The Labute approximate surface area is 122 Å². The van der Waals surface area contributed by atoms with Gasteiger partial charge in [0.2, 0.25) is 5.91 Å². The number of carbonyl (C=O) groups excluding carboxylic acids is 1. The Balaban J connectivity index is 4.66. The van der Waals surface area contributed by atoms with Crippen molar-refractivity contribution in [2.24, 2.45) is 5.41 Å². The van der Waals surface area contributed by atoms with Crippen LogP contribution in [-0.4, -0.2) is 47.1 Å². The Morgan fingerprint density at radius 3 is 1.85 bits per heavy atom. The summed E-state index contributed by atoms with van der Waals surface area (Å²) in [5, 5.41) is 12.4. The zero-order chi connectivity index (χ0) is 16.0. The summed E-state index contributed by atoms with van der Waals surface area (Å²) in [7, 11) is 0. The Bertz CT molecular complexity index is 332. The minimum absolute atomic E-state index is 0.0305. The highest BCUT2D eigenvalue weighted by molar-refractivity contribution is 5.79. The number of amides is 1. The van der Waals surface area contributed by atoms with Gasteiger partial charge in [-0.3, -0.25) is 9.59 Å². The van der Waals surface area contributed by atoms with Crippen molar-refractivity contribution in [1.29, 1.82) is 0 Å². The third-order valence-corrected chi connectivity index (χ3v) is 4.12. The molecule has 0 aliphatic heterocycles. The minimum Gasteiger partial charge on any atom is -0.481 e. The summed E-state index contributed by atoms with van der Waals surface area (Å²) in [6, 6.07) is 0. The maximum atomic E-state index is 12.2. The highest BCUT2D eigenvalue weighted by Gasteiger charge is 2.43. The van der Waals surface area contributed by atoms with Crippen LogP contribution in [0.1, 0.15) is 54.4 Å². The van der Waals surface area contributed by atoms with Gasteiger partial charge >= 0.3 is 5.97 Å². The molecule has 0 saturated heterocycles. The molecule has 0 heterocycles. The Morgan fingerprint density at radius 2 is 1.50 bits per heavy atom.